The zero-order chi connectivity index (χ0) is 17.2. The third-order valence-corrected chi connectivity index (χ3v) is 5.67. The van der Waals surface area contributed by atoms with Gasteiger partial charge in [-0.2, -0.15) is 0 Å². The Morgan fingerprint density at radius 1 is 1.57 bits per heavy atom. The van der Waals surface area contributed by atoms with Crippen molar-refractivity contribution in [3.05, 3.63) is 29.6 Å². The smallest absolute Gasteiger partial charge is 0.250 e. The first-order valence-corrected chi connectivity index (χ1v) is 8.38. The maximum Gasteiger partial charge on any atom is 0.250 e. The molecule has 0 radical (unpaired) electrons. The predicted molar refractivity (Wildman–Crippen MR) is 88.4 cm³/mol. The van der Waals surface area contributed by atoms with Gasteiger partial charge in [-0.05, 0) is 32.0 Å². The minimum Gasteiger partial charge on any atom is -0.386 e. The highest BCUT2D eigenvalue weighted by molar-refractivity contribution is 7.87. The molecular formula is C15H20FN3O3S. The summed E-state index contributed by atoms with van der Waals surface area (Å²) in [7, 11) is 0.139. The molecule has 2 rings (SSSR count). The van der Waals surface area contributed by atoms with Crippen LogP contribution in [0.2, 0.25) is 0 Å². The van der Waals surface area contributed by atoms with Gasteiger partial charge >= 0.3 is 0 Å². The number of nitrogens with zero attached hydrogens (tertiary/aromatic N) is 1. The Hall–Kier alpha value is -1.80. The Labute approximate surface area is 136 Å². The molecule has 1 aliphatic rings. The number of methoxy groups -OCH3 is 1. The molecule has 1 heterocycles. The Balaban J connectivity index is 2.31. The number of aliphatic imine (C=N–C) groups is 1. The number of nitrogens with two attached hydrogens (primary N) is 1. The maximum atomic E-state index is 14.1. The second-order valence-electron chi connectivity index (χ2n) is 5.77. The Bertz CT molecular complexity index is 676. The molecule has 2 unspecified atom stereocenters. The molecule has 126 valence electrons. The third-order valence-electron chi connectivity index (χ3n) is 3.70. The largest absolute Gasteiger partial charge is 0.386 e. The van der Waals surface area contributed by atoms with Crippen LogP contribution in [0, 0.1) is 5.82 Å². The van der Waals surface area contributed by atoms with E-state index in [2.05, 4.69) is 10.3 Å². The molecular weight excluding hydrogens is 321 g/mol. The predicted octanol–water partition coefficient (Wildman–Crippen LogP) is 1.35. The second-order valence-corrected chi connectivity index (χ2v) is 7.82. The van der Waals surface area contributed by atoms with Crippen LogP contribution in [0.5, 0.6) is 0 Å². The van der Waals surface area contributed by atoms with E-state index in [4.69, 9.17) is 10.5 Å². The summed E-state index contributed by atoms with van der Waals surface area (Å²) in [4.78, 5) is 15.8. The summed E-state index contributed by atoms with van der Waals surface area (Å²) in [5.74, 6) is -0.408. The molecule has 23 heavy (non-hydrogen) atoms. The van der Waals surface area contributed by atoms with E-state index in [-0.39, 0.29) is 29.7 Å². The highest BCUT2D eigenvalue weighted by Gasteiger charge is 2.37. The average Bonchev–Trinajstić information content (AvgIpc) is 2.47. The van der Waals surface area contributed by atoms with Gasteiger partial charge in [-0.25, -0.2) is 4.39 Å². The van der Waals surface area contributed by atoms with Crippen LogP contribution in [-0.2, 0) is 20.3 Å². The number of amidine groups is 1. The summed E-state index contributed by atoms with van der Waals surface area (Å²) in [6.45, 7) is 3.39. The molecule has 0 aromatic heterocycles. The van der Waals surface area contributed by atoms with E-state index in [0.29, 0.717) is 5.69 Å². The fraction of sp³-hybridized carbons (Fsp3) is 0.467. The lowest BCUT2D eigenvalue weighted by Gasteiger charge is -2.31. The van der Waals surface area contributed by atoms with Crippen LogP contribution in [0.15, 0.2) is 23.2 Å². The molecule has 0 spiro atoms. The van der Waals surface area contributed by atoms with Gasteiger partial charge in [0.05, 0.1) is 16.5 Å². The summed E-state index contributed by atoms with van der Waals surface area (Å²) < 4.78 is 30.5. The van der Waals surface area contributed by atoms with Gasteiger partial charge in [0.25, 0.3) is 0 Å². The van der Waals surface area contributed by atoms with Crippen molar-refractivity contribution < 1.29 is 18.1 Å². The summed E-state index contributed by atoms with van der Waals surface area (Å²) in [5, 5.41) is 2.60. The van der Waals surface area contributed by atoms with E-state index in [1.54, 1.807) is 13.8 Å². The molecule has 1 amide bonds. The number of nitrogens with one attached hydrogen (secondary N) is 1. The van der Waals surface area contributed by atoms with E-state index < -0.39 is 27.4 Å². The number of anilines is 1. The molecule has 3 N–H and O–H groups in total. The van der Waals surface area contributed by atoms with Gasteiger partial charge in [0.15, 0.2) is 0 Å². The van der Waals surface area contributed by atoms with Crippen LogP contribution < -0.4 is 11.1 Å². The van der Waals surface area contributed by atoms with Crippen molar-refractivity contribution in [3.8, 4) is 0 Å². The number of benzene rings is 1. The molecule has 1 aliphatic heterocycles. The topological polar surface area (TPSA) is 93.8 Å². The van der Waals surface area contributed by atoms with Crippen molar-refractivity contribution >= 4 is 28.2 Å². The number of halogens is 1. The lowest BCUT2D eigenvalue weighted by molar-refractivity contribution is -0.119. The van der Waals surface area contributed by atoms with Crippen molar-refractivity contribution in [2.24, 2.45) is 10.7 Å². The van der Waals surface area contributed by atoms with E-state index in [1.165, 1.54) is 25.3 Å². The van der Waals surface area contributed by atoms with Crippen LogP contribution in [0.4, 0.5) is 10.1 Å². The molecule has 0 saturated carbocycles. The molecule has 0 saturated heterocycles. The third kappa shape index (κ3) is 3.76. The van der Waals surface area contributed by atoms with Crippen LogP contribution in [0.1, 0.15) is 25.5 Å². The fourth-order valence-corrected chi connectivity index (χ4v) is 3.44. The molecule has 0 bridgehead atoms. The monoisotopic (exact) mass is 341 g/mol. The van der Waals surface area contributed by atoms with Gasteiger partial charge in [0.1, 0.15) is 18.3 Å². The van der Waals surface area contributed by atoms with E-state index in [9.17, 15) is 13.4 Å². The van der Waals surface area contributed by atoms with Gasteiger partial charge in [-0.3, -0.25) is 14.0 Å². The zero-order valence-electron chi connectivity index (χ0n) is 13.3. The van der Waals surface area contributed by atoms with Gasteiger partial charge < -0.3 is 15.8 Å². The van der Waals surface area contributed by atoms with Gasteiger partial charge in [0.2, 0.25) is 5.91 Å². The molecule has 1 aromatic rings. The lowest BCUT2D eigenvalue weighted by Crippen LogP contribution is -2.47. The number of hydrogen-bond donors (Lipinski definition) is 2. The Morgan fingerprint density at radius 2 is 2.26 bits per heavy atom. The Morgan fingerprint density at radius 3 is 2.87 bits per heavy atom. The summed E-state index contributed by atoms with van der Waals surface area (Å²) in [6.07, 6.45) is 0. The number of hydrogen-bond acceptors (Lipinski definition) is 5. The highest BCUT2D eigenvalue weighted by atomic mass is 32.2. The minimum absolute atomic E-state index is 0.0978. The van der Waals surface area contributed by atoms with E-state index >= 15 is 0 Å². The van der Waals surface area contributed by atoms with Crippen molar-refractivity contribution in [2.75, 3.05) is 24.8 Å². The van der Waals surface area contributed by atoms with Crippen molar-refractivity contribution in [1.82, 2.24) is 0 Å². The van der Waals surface area contributed by atoms with Gasteiger partial charge in [0, 0.05) is 29.2 Å². The number of carbonyl (C=O) groups excluding carboxylic acids is 1. The molecule has 0 aliphatic carbocycles. The first kappa shape index (κ1) is 17.6. The highest BCUT2D eigenvalue weighted by Crippen LogP contribution is 2.31. The first-order valence-electron chi connectivity index (χ1n) is 7.06. The fourth-order valence-electron chi connectivity index (χ4n) is 2.19. The van der Waals surface area contributed by atoms with Gasteiger partial charge in [-0.1, -0.05) is 0 Å². The van der Waals surface area contributed by atoms with Crippen LogP contribution >= 0.6 is 0 Å². The molecule has 6 nitrogen and oxygen atoms in total. The zero-order valence-corrected chi connectivity index (χ0v) is 14.1. The second kappa shape index (κ2) is 6.76. The van der Waals surface area contributed by atoms with Gasteiger partial charge in [-0.15, -0.1) is 0 Å². The summed E-state index contributed by atoms with van der Waals surface area (Å²) in [6, 6.07) is 3.54. The van der Waals surface area contributed by atoms with Crippen LogP contribution in [0.25, 0.3) is 0 Å². The number of rotatable bonds is 4. The Kier molecular flexibility index (Phi) is 5.16. The first-order chi connectivity index (χ1) is 10.8. The standard InChI is InChI=1S/C15H20FN3O3S/c1-15(2)14(17)19-12(8-23(15)21)10-6-9(4-5-11(10)16)18-13(20)7-22-3/h4-6,12H,7-8H2,1-3H3,(H2,17,19)(H,18,20). The number of carbonyl (C=O) groups is 1. The maximum absolute atomic E-state index is 14.1. The van der Waals surface area contributed by atoms with E-state index in [0.717, 1.165) is 0 Å². The molecule has 2 atom stereocenters. The van der Waals surface area contributed by atoms with Crippen molar-refractivity contribution in [2.45, 2.75) is 24.6 Å². The number of ether oxygens (including phenoxy) is 1. The van der Waals surface area contributed by atoms with Crippen LogP contribution in [-0.4, -0.2) is 40.2 Å². The van der Waals surface area contributed by atoms with E-state index in [1.807, 2.05) is 0 Å². The number of amides is 1. The van der Waals surface area contributed by atoms with Crippen molar-refractivity contribution in [1.29, 1.82) is 0 Å². The summed E-state index contributed by atoms with van der Waals surface area (Å²) in [5.41, 5.74) is 6.57. The SMILES string of the molecule is COCC(=O)Nc1ccc(F)c(C2CS(=O)C(C)(C)C(N)=N2)c1. The lowest BCUT2D eigenvalue weighted by atomic mass is 10.1. The quantitative estimate of drug-likeness (QED) is 0.864. The normalized spacial score (nSPS) is 23.2. The molecule has 8 heteroatoms. The van der Waals surface area contributed by atoms with Crippen molar-refractivity contribution in [3.63, 3.8) is 0 Å². The summed E-state index contributed by atoms with van der Waals surface area (Å²) >= 11 is 0. The van der Waals surface area contributed by atoms with Crippen LogP contribution in [0.3, 0.4) is 0 Å². The molecule has 0 fully saturated rings. The average molecular weight is 341 g/mol. The minimum atomic E-state index is -1.27. The molecule has 1 aromatic carbocycles.